The predicted octanol–water partition coefficient (Wildman–Crippen LogP) is 0.679. The fourth-order valence-electron chi connectivity index (χ4n) is 1.51. The van der Waals surface area contributed by atoms with E-state index in [-0.39, 0.29) is 17.7 Å². The lowest BCUT2D eigenvalue weighted by Crippen LogP contribution is -2.25. The Labute approximate surface area is 116 Å². The summed E-state index contributed by atoms with van der Waals surface area (Å²) in [6.45, 7) is 0.308. The standard InChI is InChI=1S/C11H17N3O3S2/c1-19(16,17)5-4-13-9-6-8(12)10(18-9)11(15)14-7-2-3-7/h6-7,13H,2-5,12H2,1H3,(H,14,15). The third-order valence-corrected chi connectivity index (χ3v) is 4.70. The molecule has 19 heavy (non-hydrogen) atoms. The SMILES string of the molecule is CS(=O)(=O)CCNc1cc(N)c(C(=O)NC2CC2)s1. The van der Waals surface area contributed by atoms with Crippen LogP contribution in [0, 0.1) is 0 Å². The Bertz CT molecular complexity index is 576. The first kappa shape index (κ1) is 14.1. The molecule has 1 aliphatic rings. The molecule has 1 aliphatic carbocycles. The summed E-state index contributed by atoms with van der Waals surface area (Å²) >= 11 is 1.24. The van der Waals surface area contributed by atoms with Crippen molar-refractivity contribution >= 4 is 37.8 Å². The molecule has 0 bridgehead atoms. The molecule has 8 heteroatoms. The van der Waals surface area contributed by atoms with Gasteiger partial charge in [0.2, 0.25) is 0 Å². The van der Waals surface area contributed by atoms with Crippen LogP contribution in [-0.2, 0) is 9.84 Å². The summed E-state index contributed by atoms with van der Waals surface area (Å²) in [5.41, 5.74) is 6.21. The number of hydrogen-bond acceptors (Lipinski definition) is 6. The molecule has 0 atom stereocenters. The summed E-state index contributed by atoms with van der Waals surface area (Å²) in [6.07, 6.45) is 3.24. The quantitative estimate of drug-likeness (QED) is 0.717. The molecule has 0 unspecified atom stereocenters. The molecule has 1 heterocycles. The summed E-state index contributed by atoms with van der Waals surface area (Å²) in [5, 5.41) is 6.55. The smallest absolute Gasteiger partial charge is 0.263 e. The van der Waals surface area contributed by atoms with E-state index >= 15 is 0 Å². The molecule has 1 fully saturated rings. The maximum absolute atomic E-state index is 11.9. The Morgan fingerprint density at radius 3 is 2.79 bits per heavy atom. The van der Waals surface area contributed by atoms with Crippen molar-refractivity contribution in [3.05, 3.63) is 10.9 Å². The zero-order valence-corrected chi connectivity index (χ0v) is 12.2. The second-order valence-electron chi connectivity index (χ2n) is 4.70. The molecule has 0 spiro atoms. The summed E-state index contributed by atoms with van der Waals surface area (Å²) in [6, 6.07) is 1.95. The highest BCUT2D eigenvalue weighted by molar-refractivity contribution is 7.90. The molecule has 4 N–H and O–H groups in total. The van der Waals surface area contributed by atoms with Gasteiger partial charge in [0, 0.05) is 18.8 Å². The Morgan fingerprint density at radius 1 is 1.53 bits per heavy atom. The second-order valence-corrected chi connectivity index (χ2v) is 8.01. The van der Waals surface area contributed by atoms with Gasteiger partial charge in [-0.05, 0) is 18.9 Å². The van der Waals surface area contributed by atoms with Crippen molar-refractivity contribution in [2.75, 3.05) is 29.6 Å². The number of sulfone groups is 1. The van der Waals surface area contributed by atoms with Crippen LogP contribution in [-0.4, -0.2) is 38.9 Å². The maximum Gasteiger partial charge on any atom is 0.263 e. The molecule has 1 saturated carbocycles. The Balaban J connectivity index is 1.93. The van der Waals surface area contributed by atoms with Gasteiger partial charge >= 0.3 is 0 Å². The number of rotatable bonds is 6. The normalized spacial score (nSPS) is 15.2. The number of anilines is 2. The zero-order chi connectivity index (χ0) is 14.0. The minimum Gasteiger partial charge on any atom is -0.397 e. The van der Waals surface area contributed by atoms with Crippen LogP contribution in [0.5, 0.6) is 0 Å². The van der Waals surface area contributed by atoms with Crippen molar-refractivity contribution in [3.8, 4) is 0 Å². The minimum atomic E-state index is -2.99. The Morgan fingerprint density at radius 2 is 2.21 bits per heavy atom. The van der Waals surface area contributed by atoms with E-state index in [1.54, 1.807) is 6.07 Å². The number of amides is 1. The molecular weight excluding hydrogens is 286 g/mol. The fourth-order valence-corrected chi connectivity index (χ4v) is 2.89. The van der Waals surface area contributed by atoms with Gasteiger partial charge in [-0.2, -0.15) is 0 Å². The molecule has 1 aromatic heterocycles. The molecule has 2 rings (SSSR count). The fraction of sp³-hybridized carbons (Fsp3) is 0.545. The van der Waals surface area contributed by atoms with E-state index in [1.807, 2.05) is 0 Å². The third kappa shape index (κ3) is 4.39. The maximum atomic E-state index is 11.9. The monoisotopic (exact) mass is 303 g/mol. The highest BCUT2D eigenvalue weighted by atomic mass is 32.2. The van der Waals surface area contributed by atoms with Gasteiger partial charge in [0.05, 0.1) is 16.4 Å². The number of carbonyl (C=O) groups excluding carboxylic acids is 1. The Kier molecular flexibility index (Phi) is 4.00. The van der Waals surface area contributed by atoms with E-state index in [4.69, 9.17) is 5.73 Å². The first-order chi connectivity index (χ1) is 8.85. The lowest BCUT2D eigenvalue weighted by Gasteiger charge is -2.02. The van der Waals surface area contributed by atoms with E-state index < -0.39 is 9.84 Å². The molecule has 0 radical (unpaired) electrons. The van der Waals surface area contributed by atoms with Crippen molar-refractivity contribution in [1.29, 1.82) is 0 Å². The van der Waals surface area contributed by atoms with Crippen LogP contribution in [0.2, 0.25) is 0 Å². The van der Waals surface area contributed by atoms with E-state index in [9.17, 15) is 13.2 Å². The van der Waals surface area contributed by atoms with Crippen molar-refractivity contribution in [1.82, 2.24) is 5.32 Å². The number of nitrogens with two attached hydrogens (primary N) is 1. The molecule has 0 saturated heterocycles. The van der Waals surface area contributed by atoms with E-state index in [0.717, 1.165) is 12.8 Å². The third-order valence-electron chi connectivity index (χ3n) is 2.65. The lowest BCUT2D eigenvalue weighted by atomic mass is 10.3. The highest BCUT2D eigenvalue weighted by Gasteiger charge is 2.25. The topological polar surface area (TPSA) is 101 Å². The van der Waals surface area contributed by atoms with Gasteiger partial charge in [0.1, 0.15) is 14.7 Å². The van der Waals surface area contributed by atoms with Crippen molar-refractivity contribution in [2.24, 2.45) is 0 Å². The first-order valence-electron chi connectivity index (χ1n) is 5.97. The molecular formula is C11H17N3O3S2. The highest BCUT2D eigenvalue weighted by Crippen LogP contribution is 2.30. The van der Waals surface area contributed by atoms with E-state index in [0.29, 0.717) is 22.1 Å². The average Bonchev–Trinajstić information content (AvgIpc) is 2.99. The number of thiophene rings is 1. The number of hydrogen-bond donors (Lipinski definition) is 3. The van der Waals surface area contributed by atoms with Crippen LogP contribution in [0.4, 0.5) is 10.7 Å². The first-order valence-corrected chi connectivity index (χ1v) is 8.84. The van der Waals surface area contributed by atoms with Crippen LogP contribution >= 0.6 is 11.3 Å². The van der Waals surface area contributed by atoms with Gasteiger partial charge in [-0.25, -0.2) is 8.42 Å². The van der Waals surface area contributed by atoms with Crippen molar-refractivity contribution in [2.45, 2.75) is 18.9 Å². The molecule has 1 aromatic rings. The van der Waals surface area contributed by atoms with E-state index in [1.165, 1.54) is 17.6 Å². The molecule has 1 amide bonds. The number of nitrogens with one attached hydrogen (secondary N) is 2. The molecule has 6 nitrogen and oxygen atoms in total. The van der Waals surface area contributed by atoms with Gasteiger partial charge in [-0.15, -0.1) is 11.3 Å². The van der Waals surface area contributed by atoms with Gasteiger partial charge in [-0.1, -0.05) is 0 Å². The van der Waals surface area contributed by atoms with Gasteiger partial charge in [0.25, 0.3) is 5.91 Å². The van der Waals surface area contributed by atoms with Gasteiger partial charge in [-0.3, -0.25) is 4.79 Å². The largest absolute Gasteiger partial charge is 0.397 e. The summed E-state index contributed by atoms with van der Waals surface area (Å²) in [4.78, 5) is 12.3. The van der Waals surface area contributed by atoms with Crippen LogP contribution in [0.15, 0.2) is 6.07 Å². The second kappa shape index (κ2) is 5.38. The zero-order valence-electron chi connectivity index (χ0n) is 10.6. The van der Waals surface area contributed by atoms with Crippen molar-refractivity contribution < 1.29 is 13.2 Å². The molecule has 0 aromatic carbocycles. The summed E-state index contributed by atoms with van der Waals surface area (Å²) in [5.74, 6) is -0.102. The van der Waals surface area contributed by atoms with Crippen LogP contribution in [0.25, 0.3) is 0 Å². The van der Waals surface area contributed by atoms with E-state index in [2.05, 4.69) is 10.6 Å². The predicted molar refractivity (Wildman–Crippen MR) is 77.4 cm³/mol. The lowest BCUT2D eigenvalue weighted by molar-refractivity contribution is 0.0956. The summed E-state index contributed by atoms with van der Waals surface area (Å²) in [7, 11) is -2.99. The molecule has 0 aliphatic heterocycles. The summed E-state index contributed by atoms with van der Waals surface area (Å²) < 4.78 is 22.0. The minimum absolute atomic E-state index is 0.0500. The Hall–Kier alpha value is -1.28. The van der Waals surface area contributed by atoms with Crippen LogP contribution in [0.1, 0.15) is 22.5 Å². The van der Waals surface area contributed by atoms with Gasteiger partial charge in [0.15, 0.2) is 0 Å². The number of carbonyl (C=O) groups is 1. The van der Waals surface area contributed by atoms with Crippen LogP contribution < -0.4 is 16.4 Å². The number of nitrogen functional groups attached to an aromatic ring is 1. The van der Waals surface area contributed by atoms with Crippen LogP contribution in [0.3, 0.4) is 0 Å². The van der Waals surface area contributed by atoms with Crippen molar-refractivity contribution in [3.63, 3.8) is 0 Å². The average molecular weight is 303 g/mol. The molecule has 106 valence electrons. The van der Waals surface area contributed by atoms with Gasteiger partial charge < -0.3 is 16.4 Å².